The summed E-state index contributed by atoms with van der Waals surface area (Å²) in [7, 11) is 4.00. The summed E-state index contributed by atoms with van der Waals surface area (Å²) in [6.07, 6.45) is 12.9. The smallest absolute Gasteiger partial charge is 0.135 e. The van der Waals surface area contributed by atoms with Crippen LogP contribution in [-0.4, -0.2) is 44.2 Å². The molecule has 5 aromatic rings. The zero-order valence-corrected chi connectivity index (χ0v) is 17.8. The monoisotopic (exact) mass is 419 g/mol. The Morgan fingerprint density at radius 3 is 2.78 bits per heavy atom. The molecule has 0 amide bonds. The highest BCUT2D eigenvalue weighted by Gasteiger charge is 2.16. The van der Waals surface area contributed by atoms with Gasteiger partial charge in [0, 0.05) is 43.0 Å². The zero-order valence-electron chi connectivity index (χ0n) is 17.8. The van der Waals surface area contributed by atoms with E-state index in [2.05, 4.69) is 55.5 Å². The van der Waals surface area contributed by atoms with Gasteiger partial charge < -0.3 is 9.88 Å². The van der Waals surface area contributed by atoms with Crippen LogP contribution in [-0.2, 0) is 0 Å². The van der Waals surface area contributed by atoms with Gasteiger partial charge in [0.2, 0.25) is 0 Å². The van der Waals surface area contributed by atoms with Crippen molar-refractivity contribution in [1.29, 1.82) is 0 Å². The molecule has 0 saturated heterocycles. The molecule has 0 aliphatic heterocycles. The molecule has 0 aromatic carbocycles. The van der Waals surface area contributed by atoms with Crippen LogP contribution in [0.15, 0.2) is 67.2 Å². The highest BCUT2D eigenvalue weighted by atomic mass is 15.1. The van der Waals surface area contributed by atoms with Gasteiger partial charge in [0.25, 0.3) is 0 Å². The molecule has 5 aromatic heterocycles. The lowest BCUT2D eigenvalue weighted by atomic mass is 10.1. The molecule has 5 heterocycles. The van der Waals surface area contributed by atoms with E-state index in [0.29, 0.717) is 0 Å². The van der Waals surface area contributed by atoms with Crippen LogP contribution in [0.3, 0.4) is 0 Å². The predicted octanol–water partition coefficient (Wildman–Crippen LogP) is 4.97. The van der Waals surface area contributed by atoms with Gasteiger partial charge in [0.15, 0.2) is 0 Å². The highest BCUT2D eigenvalue weighted by Crippen LogP contribution is 2.33. The van der Waals surface area contributed by atoms with Gasteiger partial charge in [0.1, 0.15) is 11.2 Å². The van der Waals surface area contributed by atoms with Crippen LogP contribution >= 0.6 is 0 Å². The molecule has 6 rings (SSSR count). The Balaban J connectivity index is 1.48. The van der Waals surface area contributed by atoms with Crippen LogP contribution < -0.4 is 4.90 Å². The molecular formula is C25H21N7. The van der Waals surface area contributed by atoms with Crippen molar-refractivity contribution >= 4 is 33.2 Å². The topological polar surface area (TPSA) is 86.4 Å². The van der Waals surface area contributed by atoms with Crippen LogP contribution in [0.1, 0.15) is 12.1 Å². The minimum absolute atomic E-state index is 0.789. The lowest BCUT2D eigenvalue weighted by Gasteiger charge is -2.12. The standard InChI is InChI=1S/C25H21N7/c1-32(2)17-11-16(13-26-14-17)19-7-8-21-24(29-19)25(31-30-21)22-12-18-20(28-22)9-10-27-23(18)15-5-3-4-6-15/h3,5-14,28H,4H2,1-2H3,(H,30,31). The molecular weight excluding hydrogens is 398 g/mol. The van der Waals surface area contributed by atoms with Gasteiger partial charge in [0.05, 0.1) is 34.5 Å². The van der Waals surface area contributed by atoms with E-state index in [1.54, 1.807) is 0 Å². The first-order valence-corrected chi connectivity index (χ1v) is 10.5. The first kappa shape index (κ1) is 18.5. The summed E-state index contributed by atoms with van der Waals surface area (Å²) >= 11 is 0. The number of anilines is 1. The third kappa shape index (κ3) is 2.98. The van der Waals surface area contributed by atoms with Crippen LogP contribution in [0.25, 0.3) is 50.2 Å². The summed E-state index contributed by atoms with van der Waals surface area (Å²) in [6, 6.07) is 10.2. The number of hydrogen-bond donors (Lipinski definition) is 2. The molecule has 0 spiro atoms. The third-order valence-electron chi connectivity index (χ3n) is 5.79. The van der Waals surface area contributed by atoms with Gasteiger partial charge in [-0.3, -0.25) is 15.1 Å². The minimum Gasteiger partial charge on any atom is -0.376 e. The zero-order chi connectivity index (χ0) is 21.7. The Morgan fingerprint density at radius 2 is 1.94 bits per heavy atom. The Hall–Kier alpha value is -4.26. The third-order valence-corrected chi connectivity index (χ3v) is 5.79. The molecule has 7 heteroatoms. The van der Waals surface area contributed by atoms with Crippen LogP contribution in [0, 0.1) is 0 Å². The van der Waals surface area contributed by atoms with Crippen LogP contribution in [0.4, 0.5) is 5.69 Å². The average molecular weight is 419 g/mol. The first-order chi connectivity index (χ1) is 15.7. The maximum absolute atomic E-state index is 4.94. The molecule has 0 unspecified atom stereocenters. The van der Waals surface area contributed by atoms with Gasteiger partial charge in [-0.15, -0.1) is 0 Å². The fourth-order valence-corrected chi connectivity index (χ4v) is 4.11. The number of nitrogens with zero attached hydrogens (tertiary/aromatic N) is 5. The first-order valence-electron chi connectivity index (χ1n) is 10.5. The predicted molar refractivity (Wildman–Crippen MR) is 128 cm³/mol. The SMILES string of the molecule is CN(C)c1cncc(-c2ccc3[nH]nc(-c4cc5c(C6=CCC=C6)nccc5[nH]4)c3n2)c1. The van der Waals surface area contributed by atoms with Crippen LogP contribution in [0.5, 0.6) is 0 Å². The van der Waals surface area contributed by atoms with Crippen molar-refractivity contribution in [3.63, 3.8) is 0 Å². The maximum Gasteiger partial charge on any atom is 0.135 e. The van der Waals surface area contributed by atoms with E-state index < -0.39 is 0 Å². The molecule has 156 valence electrons. The molecule has 0 atom stereocenters. The van der Waals surface area contributed by atoms with Crippen molar-refractivity contribution in [3.8, 4) is 22.6 Å². The van der Waals surface area contributed by atoms with Crippen molar-refractivity contribution in [2.75, 3.05) is 19.0 Å². The molecule has 32 heavy (non-hydrogen) atoms. The highest BCUT2D eigenvalue weighted by molar-refractivity contribution is 5.99. The summed E-state index contributed by atoms with van der Waals surface area (Å²) in [5, 5.41) is 8.77. The van der Waals surface area contributed by atoms with E-state index in [1.165, 1.54) is 0 Å². The molecule has 7 nitrogen and oxygen atoms in total. The largest absolute Gasteiger partial charge is 0.376 e. The molecule has 1 aliphatic carbocycles. The number of aromatic amines is 2. The fraction of sp³-hybridized carbons (Fsp3) is 0.120. The van der Waals surface area contributed by atoms with E-state index in [-0.39, 0.29) is 0 Å². The van der Waals surface area contributed by atoms with E-state index >= 15 is 0 Å². The number of pyridine rings is 3. The second-order valence-electron chi connectivity index (χ2n) is 8.09. The number of nitrogens with one attached hydrogen (secondary N) is 2. The maximum atomic E-state index is 4.94. The summed E-state index contributed by atoms with van der Waals surface area (Å²) < 4.78 is 0. The molecule has 1 aliphatic rings. The Bertz CT molecular complexity index is 1530. The van der Waals surface area contributed by atoms with Crippen molar-refractivity contribution in [1.82, 2.24) is 30.1 Å². The number of hydrogen-bond acceptors (Lipinski definition) is 5. The molecule has 0 radical (unpaired) electrons. The Morgan fingerprint density at radius 1 is 1.00 bits per heavy atom. The van der Waals surface area contributed by atoms with Gasteiger partial charge in [-0.1, -0.05) is 18.2 Å². The quantitative estimate of drug-likeness (QED) is 0.429. The summed E-state index contributed by atoms with van der Waals surface area (Å²) in [4.78, 5) is 19.5. The molecule has 0 fully saturated rings. The van der Waals surface area contributed by atoms with E-state index in [4.69, 9.17) is 4.98 Å². The van der Waals surface area contributed by atoms with E-state index in [1.807, 2.05) is 55.8 Å². The number of fused-ring (bicyclic) bond motifs is 2. The summed E-state index contributed by atoms with van der Waals surface area (Å²) in [5.74, 6) is 0. The number of H-pyrrole nitrogens is 2. The van der Waals surface area contributed by atoms with Gasteiger partial charge in [-0.25, -0.2) is 4.98 Å². The van der Waals surface area contributed by atoms with Crippen molar-refractivity contribution < 1.29 is 0 Å². The number of rotatable bonds is 4. The Kier molecular flexibility index (Phi) is 4.14. The van der Waals surface area contributed by atoms with Gasteiger partial charge in [-0.2, -0.15) is 5.10 Å². The second-order valence-corrected chi connectivity index (χ2v) is 8.09. The number of aromatic nitrogens is 6. The van der Waals surface area contributed by atoms with E-state index in [0.717, 1.165) is 68.0 Å². The van der Waals surface area contributed by atoms with Crippen LogP contribution in [0.2, 0.25) is 0 Å². The van der Waals surface area contributed by atoms with Crippen molar-refractivity contribution in [3.05, 3.63) is 72.8 Å². The fourth-order valence-electron chi connectivity index (χ4n) is 4.11. The Labute approximate surface area is 184 Å². The van der Waals surface area contributed by atoms with Crippen molar-refractivity contribution in [2.24, 2.45) is 0 Å². The van der Waals surface area contributed by atoms with Gasteiger partial charge in [-0.05, 0) is 42.3 Å². The second kappa shape index (κ2) is 7.16. The van der Waals surface area contributed by atoms with Crippen molar-refractivity contribution in [2.45, 2.75) is 6.42 Å². The summed E-state index contributed by atoms with van der Waals surface area (Å²) in [5.41, 5.74) is 9.43. The normalized spacial score (nSPS) is 13.2. The van der Waals surface area contributed by atoms with E-state index in [9.17, 15) is 0 Å². The average Bonchev–Trinajstić information content (AvgIpc) is 3.57. The van der Waals surface area contributed by atoms with Gasteiger partial charge >= 0.3 is 0 Å². The minimum atomic E-state index is 0.789. The molecule has 0 saturated carbocycles. The molecule has 0 bridgehead atoms. The lowest BCUT2D eigenvalue weighted by Crippen LogP contribution is -2.08. The summed E-state index contributed by atoms with van der Waals surface area (Å²) in [6.45, 7) is 0. The lowest BCUT2D eigenvalue weighted by molar-refractivity contribution is 1.11. The number of allylic oxidation sites excluding steroid dienone is 4. The molecule has 2 N–H and O–H groups in total.